The highest BCUT2D eigenvalue weighted by Gasteiger charge is 2.59. The Morgan fingerprint density at radius 3 is 1.01 bits per heavy atom. The lowest BCUT2D eigenvalue weighted by atomic mass is 9.91. The maximum absolute atomic E-state index is 14.6. The molecule has 6 aromatic heterocycles. The minimum absolute atomic E-state index is 0.0962. The fraction of sp³-hybridized carbons (Fsp3) is 0.415. The number of ketones is 2. The lowest BCUT2D eigenvalue weighted by Gasteiger charge is -2.36. The molecule has 12 N–H and O–H groups in total. The van der Waals surface area contributed by atoms with Gasteiger partial charge in [0.2, 0.25) is 11.9 Å². The van der Waals surface area contributed by atoms with Gasteiger partial charge in [0, 0.05) is 236 Å². The van der Waals surface area contributed by atoms with Crippen LogP contribution in [-0.2, 0) is 38.5 Å². The van der Waals surface area contributed by atoms with Gasteiger partial charge < -0.3 is 92.5 Å². The zero-order chi connectivity index (χ0) is 96.9. The second-order valence-electron chi connectivity index (χ2n) is 41.6. The van der Waals surface area contributed by atoms with Crippen molar-refractivity contribution in [2.75, 3.05) is 157 Å². The van der Waals surface area contributed by atoms with Crippen LogP contribution in [0.5, 0.6) is 47.0 Å². The topological polar surface area (TPSA) is 397 Å². The van der Waals surface area contributed by atoms with Crippen molar-refractivity contribution in [1.29, 1.82) is 0 Å². The maximum Gasteiger partial charge on any atom is 0.324 e. The molecule has 0 amide bonds. The van der Waals surface area contributed by atoms with Crippen molar-refractivity contribution in [2.24, 2.45) is 69.3 Å². The number of carbonyl (C=O) groups is 2. The number of benzene rings is 6. The van der Waals surface area contributed by atoms with Crippen molar-refractivity contribution in [3.63, 3.8) is 0 Å². The first-order valence-corrected chi connectivity index (χ1v) is 49.7. The van der Waals surface area contributed by atoms with E-state index in [1.165, 1.54) is 24.3 Å². The molecule has 728 valence electrons. The summed E-state index contributed by atoms with van der Waals surface area (Å²) in [5.41, 5.74) is 46.3. The van der Waals surface area contributed by atoms with Crippen LogP contribution in [0.2, 0.25) is 0 Å². The average Bonchev–Trinajstić information content (AvgIpc) is 1.57. The summed E-state index contributed by atoms with van der Waals surface area (Å²) in [5.74, 6) is 8.92. The molecule has 142 heavy (non-hydrogen) atoms. The van der Waals surface area contributed by atoms with Gasteiger partial charge in [-0.15, -0.1) is 0 Å². The second-order valence-corrected chi connectivity index (χ2v) is 41.6. The summed E-state index contributed by atoms with van der Waals surface area (Å²) < 4.78 is 82.5. The molecule has 12 aromatic rings. The van der Waals surface area contributed by atoms with E-state index < -0.39 is 0 Å². The second kappa shape index (κ2) is 34.4. The van der Waals surface area contributed by atoms with Crippen LogP contribution < -0.4 is 92.5 Å². The molecule has 10 fully saturated rings. The number of aryl methyl sites for hydroxylation is 2. The minimum Gasteiger partial charge on any atom is -0.424 e. The summed E-state index contributed by atoms with van der Waals surface area (Å²) >= 11 is 0. The summed E-state index contributed by atoms with van der Waals surface area (Å²) in [7, 11) is 7.21. The number of Topliss-reactive ketones (excluding diaryl/α,β-unsaturated/α-hetero) is 2. The van der Waals surface area contributed by atoms with Gasteiger partial charge in [0.05, 0.1) is 47.6 Å². The van der Waals surface area contributed by atoms with Gasteiger partial charge in [-0.2, -0.15) is 39.9 Å². The third-order valence-electron chi connectivity index (χ3n) is 32.3. The van der Waals surface area contributed by atoms with E-state index in [4.69, 9.17) is 81.8 Å². The number of hydrogen-bond donors (Lipinski definition) is 8. The number of carbonyl (C=O) groups excluding carboxylic acids is 2. The molecule has 12 heterocycles. The van der Waals surface area contributed by atoms with E-state index in [2.05, 4.69) is 84.5 Å². The summed E-state index contributed by atoms with van der Waals surface area (Å²) in [4.78, 5) is 94.4. The van der Waals surface area contributed by atoms with Crippen LogP contribution in [0.3, 0.4) is 0 Å². The molecule has 6 aromatic carbocycles. The summed E-state index contributed by atoms with van der Waals surface area (Å²) in [6.45, 7) is 14.8. The lowest BCUT2D eigenvalue weighted by Crippen LogP contribution is -2.46. The molecule has 28 rings (SSSR count). The summed E-state index contributed by atoms with van der Waals surface area (Å²) in [6.07, 6.45) is 18.0. The van der Waals surface area contributed by atoms with Gasteiger partial charge in [-0.3, -0.25) is 9.59 Å². The van der Waals surface area contributed by atoms with Crippen LogP contribution in [-0.4, -0.2) is 202 Å². The number of rotatable bonds is 18. The van der Waals surface area contributed by atoms with Gasteiger partial charge in [0.1, 0.15) is 58.0 Å². The molecule has 16 aliphatic rings. The predicted octanol–water partition coefficient (Wildman–Crippen LogP) is 14.3. The molecule has 6 saturated heterocycles. The van der Waals surface area contributed by atoms with Crippen LogP contribution in [0, 0.1) is 69.6 Å². The normalized spacial score (nSPS) is 23.1. The number of anilines is 10. The van der Waals surface area contributed by atoms with E-state index in [-0.39, 0.29) is 93.9 Å². The SMILES string of the molecule is CNc1cc(F)cc2c1Cc1nc(Oc3ccc4c(c3)C(=O)CCC4)nc(N3CC4C(N)C4C3)c1-2.CNc1cc(F)cc2c1Cc1nc(Oc3ccc4c(c3)C(=O)CCC4)nc(N3CC[C@]4(C[C@@H]4N)C3)c1-2.CNc1cc(F)cc2c1Cc1nc(Oc3cnc(N4CC(C)C4)nc3)nc(N3CC4C(N)C4C3)c1-2.CNc1cc(F)cc2c1Cc1nc(Oc3cnc(N4CC(C)C4)nc3)nc(N3C[C@H](N)C4(CC4)C3)c1-2. The van der Waals surface area contributed by atoms with Crippen LogP contribution in [0.25, 0.3) is 44.5 Å². The molecule has 0 bridgehead atoms. The quantitative estimate of drug-likeness (QED) is 0.0370. The van der Waals surface area contributed by atoms with Gasteiger partial charge >= 0.3 is 24.0 Å². The molecular weight excluding hydrogens is 1810 g/mol. The number of piperidine rings is 2. The van der Waals surface area contributed by atoms with Crippen molar-refractivity contribution in [1.82, 2.24) is 59.8 Å². The van der Waals surface area contributed by atoms with Gasteiger partial charge in [-0.25, -0.2) is 37.5 Å². The number of ether oxygens (including phenoxy) is 4. The number of hydrogen-bond acceptors (Lipinski definition) is 32. The van der Waals surface area contributed by atoms with Crippen LogP contribution in [0.15, 0.2) is 110 Å². The Hall–Kier alpha value is -14.1. The van der Waals surface area contributed by atoms with Gasteiger partial charge in [0.15, 0.2) is 23.1 Å². The third-order valence-corrected chi connectivity index (χ3v) is 32.3. The molecule has 7 atom stereocenters. The Morgan fingerprint density at radius 2 is 0.690 bits per heavy atom. The number of halogens is 4. The molecule has 10 aliphatic carbocycles. The van der Waals surface area contributed by atoms with Crippen molar-refractivity contribution in [3.05, 3.63) is 200 Å². The van der Waals surface area contributed by atoms with E-state index in [1.54, 1.807) is 83.3 Å². The minimum atomic E-state index is -0.294. The van der Waals surface area contributed by atoms with Gasteiger partial charge in [0.25, 0.3) is 0 Å². The average molecular weight is 1920 g/mol. The molecular formula is C106H110F4N26O6. The lowest BCUT2D eigenvalue weighted by molar-refractivity contribution is 0.0964. The third kappa shape index (κ3) is 15.9. The van der Waals surface area contributed by atoms with E-state index in [9.17, 15) is 27.2 Å². The zero-order valence-electron chi connectivity index (χ0n) is 79.9. The molecule has 6 aliphatic heterocycles. The first-order chi connectivity index (χ1) is 68.8. The van der Waals surface area contributed by atoms with E-state index >= 15 is 0 Å². The summed E-state index contributed by atoms with van der Waals surface area (Å²) in [5, 5.41) is 12.5. The Kier molecular flexibility index (Phi) is 21.6. The highest BCUT2D eigenvalue weighted by atomic mass is 19.1. The van der Waals surface area contributed by atoms with Crippen molar-refractivity contribution in [3.8, 4) is 91.5 Å². The molecule has 0 radical (unpaired) electrons. The largest absolute Gasteiger partial charge is 0.424 e. The first-order valence-electron chi connectivity index (χ1n) is 49.7. The van der Waals surface area contributed by atoms with Crippen LogP contribution in [0.4, 0.5) is 75.5 Å². The maximum atomic E-state index is 14.6. The molecule has 36 heteroatoms. The van der Waals surface area contributed by atoms with Crippen molar-refractivity contribution < 1.29 is 46.1 Å². The van der Waals surface area contributed by atoms with E-state index in [1.807, 2.05) is 30.3 Å². The number of nitrogens with zero attached hydrogens (tertiary/aromatic N) is 18. The fourth-order valence-electron chi connectivity index (χ4n) is 24.2. The van der Waals surface area contributed by atoms with E-state index in [0.29, 0.717) is 115 Å². The Labute approximate surface area is 817 Å². The molecule has 2 spiro atoms. The van der Waals surface area contributed by atoms with Crippen molar-refractivity contribution in [2.45, 2.75) is 128 Å². The highest BCUT2D eigenvalue weighted by Crippen LogP contribution is 2.59. The standard InChI is InChI=1S/C28H28FN5O2.C27H26FN5O2.C26H29FN8O.C25H27FN8O/c1-31-21-10-16(29)9-20-19(21)12-22-25(20)26(34-8-7-28(14-34)13-24(28)30)33-27(32-22)36-17-6-5-15-3-2-4-23(35)18(15)11-17;1-30-21-8-14(28)7-18-17(21)10-22-24(18)26(33-11-19-20(12-33)25(19)29)32-27(31-22)35-15-6-5-13-3-2-4-23(34)16(13)9-15;1-14-10-34(11-14)24-30-8-16(9-31-24)36-25-32-20-7-17-18(5-15(27)6-19(17)29-2)22(20)23(33-25)35-12-21(28)26(13-35)3-4-26;1-12-8-34(9-12)24-29-6-14(7-30-24)35-25-31-20-5-15-16(3-13(26)4-19(15)28-2)21(20)23(32-25)33-10-17-18(11-33)22(17)27/h5-6,9-11,24,31H,2-4,7-8,12-14,30H2,1H3;5-9,19-20,25,30H,2-4,10-12,29H2,1H3;5-6,8-9,14,21,29H,3-4,7,10-13,28H2,1-2H3;3-4,6-7,12,17-18,22,28H,5,8-11,27H2,1-2H3/t24-,28-;;21-;/m0.0./s1. The summed E-state index contributed by atoms with van der Waals surface area (Å²) in [6, 6.07) is 25.5. The molecule has 32 nitrogen and oxygen atoms in total. The van der Waals surface area contributed by atoms with Gasteiger partial charge in [-0.05, 0) is 215 Å². The smallest absolute Gasteiger partial charge is 0.324 e. The zero-order valence-corrected chi connectivity index (χ0v) is 79.9. The Morgan fingerprint density at radius 1 is 0.359 bits per heavy atom. The van der Waals surface area contributed by atoms with Crippen molar-refractivity contribution >= 4 is 69.5 Å². The van der Waals surface area contributed by atoms with Crippen LogP contribution >= 0.6 is 0 Å². The Bertz CT molecular complexity index is 7190. The monoisotopic (exact) mass is 1920 g/mol. The molecule has 4 unspecified atom stereocenters. The number of aromatic nitrogens is 12. The van der Waals surface area contributed by atoms with E-state index in [0.717, 1.165) is 281 Å². The van der Waals surface area contributed by atoms with Gasteiger partial charge in [-0.1, -0.05) is 26.0 Å². The number of fused-ring (bicyclic) bond motifs is 16. The molecule has 4 saturated carbocycles. The fourth-order valence-corrected chi connectivity index (χ4v) is 24.2. The first kappa shape index (κ1) is 89.3. The number of nitrogens with two attached hydrogens (primary N) is 4. The Balaban J connectivity index is 0.0000000995. The highest BCUT2D eigenvalue weighted by molar-refractivity contribution is 6.00. The predicted molar refractivity (Wildman–Crippen MR) is 532 cm³/mol. The number of nitrogens with one attached hydrogen (secondary N) is 4. The van der Waals surface area contributed by atoms with Crippen LogP contribution in [0.1, 0.15) is 142 Å².